The predicted octanol–water partition coefficient (Wildman–Crippen LogP) is 1.28. The molecule has 88 valence electrons. The number of carboxylic acids is 1. The molecule has 0 aromatic rings. The summed E-state index contributed by atoms with van der Waals surface area (Å²) < 4.78 is 0. The minimum absolute atomic E-state index is 0.103. The van der Waals surface area contributed by atoms with Crippen LogP contribution in [0.2, 0.25) is 0 Å². The summed E-state index contributed by atoms with van der Waals surface area (Å²) in [5.41, 5.74) is -0.784. The minimum atomic E-state index is -1.48. The molecule has 3 atom stereocenters. The van der Waals surface area contributed by atoms with E-state index in [1.54, 1.807) is 0 Å². The van der Waals surface area contributed by atoms with E-state index in [0.29, 0.717) is 0 Å². The second kappa shape index (κ2) is 2.93. The maximum Gasteiger partial charge on any atom is 0.372 e. The zero-order valence-corrected chi connectivity index (χ0v) is 9.74. The largest absolute Gasteiger partial charge is 0.475 e. The fourth-order valence-electron chi connectivity index (χ4n) is 3.52. The summed E-state index contributed by atoms with van der Waals surface area (Å²) >= 11 is 0. The molecule has 4 nitrogen and oxygen atoms in total. The van der Waals surface area contributed by atoms with Gasteiger partial charge in [-0.05, 0) is 24.2 Å². The van der Waals surface area contributed by atoms with Crippen molar-refractivity contribution >= 4 is 17.5 Å². The quantitative estimate of drug-likeness (QED) is 0.566. The Morgan fingerprint density at radius 2 is 1.88 bits per heavy atom. The van der Waals surface area contributed by atoms with Crippen LogP contribution in [0.15, 0.2) is 0 Å². The number of fused-ring (bicyclic) bond motifs is 2. The van der Waals surface area contributed by atoms with E-state index in [1.807, 2.05) is 20.8 Å². The Hall–Kier alpha value is -1.19. The number of rotatable bonds is 2. The molecule has 0 radical (unpaired) electrons. The molecule has 2 rings (SSSR count). The van der Waals surface area contributed by atoms with Crippen molar-refractivity contribution < 1.29 is 19.5 Å². The number of Topliss-reactive ketones (excluding diaryl/α,β-unsaturated/α-hetero) is 2. The molecule has 2 aliphatic rings. The summed E-state index contributed by atoms with van der Waals surface area (Å²) in [5.74, 6) is -3.59. The smallest absolute Gasteiger partial charge is 0.372 e. The molecule has 16 heavy (non-hydrogen) atoms. The van der Waals surface area contributed by atoms with Gasteiger partial charge in [0.2, 0.25) is 0 Å². The van der Waals surface area contributed by atoms with Crippen LogP contribution >= 0.6 is 0 Å². The van der Waals surface area contributed by atoms with Gasteiger partial charge in [0.05, 0.1) is 5.92 Å². The summed E-state index contributed by atoms with van der Waals surface area (Å²) in [6.45, 7) is 5.81. The number of hydrogen-bond donors (Lipinski definition) is 1. The lowest BCUT2D eigenvalue weighted by molar-refractivity contribution is -0.154. The standard InChI is InChI=1S/C12H16O4/c1-11(2)6-4-5-12(11,3)9(14)7(6)8(13)10(15)16/h6-7H,4-5H2,1-3H3,(H,15,16)/t6-,7+,12+/m0/s1. The fraction of sp³-hybridized carbons (Fsp3) is 0.750. The van der Waals surface area contributed by atoms with E-state index in [4.69, 9.17) is 5.11 Å². The third-order valence-corrected chi connectivity index (χ3v) is 5.03. The van der Waals surface area contributed by atoms with Crippen molar-refractivity contribution in [3.05, 3.63) is 0 Å². The molecule has 2 aliphatic carbocycles. The Morgan fingerprint density at radius 1 is 1.31 bits per heavy atom. The van der Waals surface area contributed by atoms with Crippen LogP contribution in [0.25, 0.3) is 0 Å². The second-order valence-corrected chi connectivity index (χ2v) is 5.71. The van der Waals surface area contributed by atoms with Gasteiger partial charge in [0.25, 0.3) is 5.78 Å². The molecule has 0 saturated heterocycles. The van der Waals surface area contributed by atoms with Gasteiger partial charge in [0.1, 0.15) is 0 Å². The number of carbonyl (C=O) groups is 3. The lowest BCUT2D eigenvalue weighted by Crippen LogP contribution is -2.37. The van der Waals surface area contributed by atoms with Gasteiger partial charge in [-0.2, -0.15) is 0 Å². The molecule has 2 bridgehead atoms. The van der Waals surface area contributed by atoms with E-state index in [1.165, 1.54) is 0 Å². The van der Waals surface area contributed by atoms with Crippen molar-refractivity contribution in [3.8, 4) is 0 Å². The summed E-state index contributed by atoms with van der Waals surface area (Å²) in [5, 5.41) is 8.74. The van der Waals surface area contributed by atoms with Crippen molar-refractivity contribution in [1.29, 1.82) is 0 Å². The zero-order chi connectivity index (χ0) is 12.3. The summed E-state index contributed by atoms with van der Waals surface area (Å²) in [6, 6.07) is 0. The molecule has 0 unspecified atom stereocenters. The molecule has 0 aliphatic heterocycles. The van der Waals surface area contributed by atoms with Gasteiger partial charge in [-0.25, -0.2) is 4.79 Å². The third-order valence-electron chi connectivity index (χ3n) is 5.03. The van der Waals surface area contributed by atoms with Crippen LogP contribution in [0.3, 0.4) is 0 Å². The lowest BCUT2D eigenvalue weighted by Gasteiger charge is -2.32. The summed E-state index contributed by atoms with van der Waals surface area (Å²) in [7, 11) is 0. The highest BCUT2D eigenvalue weighted by Crippen LogP contribution is 2.65. The number of carboxylic acid groups (broad SMARTS) is 1. The minimum Gasteiger partial charge on any atom is -0.475 e. The van der Waals surface area contributed by atoms with Crippen molar-refractivity contribution in [2.45, 2.75) is 33.6 Å². The van der Waals surface area contributed by atoms with E-state index in [0.717, 1.165) is 12.8 Å². The van der Waals surface area contributed by atoms with Crippen LogP contribution in [0.4, 0.5) is 0 Å². The van der Waals surface area contributed by atoms with Crippen molar-refractivity contribution in [2.24, 2.45) is 22.7 Å². The number of hydrogen-bond acceptors (Lipinski definition) is 3. The molecule has 2 fully saturated rings. The van der Waals surface area contributed by atoms with Crippen LogP contribution in [0.5, 0.6) is 0 Å². The highest BCUT2D eigenvalue weighted by molar-refractivity contribution is 6.38. The molecule has 0 spiro atoms. The predicted molar refractivity (Wildman–Crippen MR) is 55.8 cm³/mol. The SMILES string of the molecule is CC1(C)[C@H]2CC[C@]1(C)C(=O)[C@H]2C(=O)C(=O)O. The third kappa shape index (κ3) is 1.02. The van der Waals surface area contributed by atoms with Gasteiger partial charge >= 0.3 is 5.97 Å². The van der Waals surface area contributed by atoms with Crippen molar-refractivity contribution in [3.63, 3.8) is 0 Å². The van der Waals surface area contributed by atoms with Crippen LogP contribution in [-0.4, -0.2) is 22.6 Å². The number of carbonyl (C=O) groups excluding carboxylic acids is 2. The normalized spacial score (nSPS) is 40.1. The molecule has 0 heterocycles. The molecular formula is C12H16O4. The molecule has 0 aromatic heterocycles. The first kappa shape index (κ1) is 11.3. The second-order valence-electron chi connectivity index (χ2n) is 5.71. The number of aliphatic carboxylic acids is 1. The monoisotopic (exact) mass is 224 g/mol. The summed E-state index contributed by atoms with van der Waals surface area (Å²) in [4.78, 5) is 34.4. The van der Waals surface area contributed by atoms with Gasteiger partial charge in [-0.15, -0.1) is 0 Å². The maximum atomic E-state index is 12.2. The van der Waals surface area contributed by atoms with E-state index >= 15 is 0 Å². The van der Waals surface area contributed by atoms with Gasteiger partial charge < -0.3 is 5.11 Å². The van der Waals surface area contributed by atoms with Crippen LogP contribution < -0.4 is 0 Å². The maximum absolute atomic E-state index is 12.2. The van der Waals surface area contributed by atoms with Crippen molar-refractivity contribution in [1.82, 2.24) is 0 Å². The molecule has 1 N–H and O–H groups in total. The van der Waals surface area contributed by atoms with E-state index < -0.39 is 23.1 Å². The Labute approximate surface area is 94.0 Å². The average Bonchev–Trinajstić information content (AvgIpc) is 2.48. The van der Waals surface area contributed by atoms with Crippen LogP contribution in [0, 0.1) is 22.7 Å². The van der Waals surface area contributed by atoms with Gasteiger partial charge in [-0.1, -0.05) is 20.8 Å². The Bertz CT molecular complexity index is 396. The van der Waals surface area contributed by atoms with E-state index in [-0.39, 0.29) is 17.1 Å². The van der Waals surface area contributed by atoms with Gasteiger partial charge in [-0.3, -0.25) is 9.59 Å². The molecule has 0 aromatic carbocycles. The van der Waals surface area contributed by atoms with Crippen LogP contribution in [0.1, 0.15) is 33.6 Å². The summed E-state index contributed by atoms with van der Waals surface area (Å²) in [6.07, 6.45) is 1.55. The van der Waals surface area contributed by atoms with E-state index in [2.05, 4.69) is 0 Å². The first-order valence-corrected chi connectivity index (χ1v) is 5.55. The van der Waals surface area contributed by atoms with E-state index in [9.17, 15) is 14.4 Å². The number of ketones is 2. The topological polar surface area (TPSA) is 71.4 Å². The molecule has 4 heteroatoms. The molecule has 0 amide bonds. The molecule has 2 saturated carbocycles. The Morgan fingerprint density at radius 3 is 2.25 bits per heavy atom. The Balaban J connectivity index is 2.44. The zero-order valence-electron chi connectivity index (χ0n) is 9.74. The van der Waals surface area contributed by atoms with Gasteiger partial charge in [0.15, 0.2) is 5.78 Å². The van der Waals surface area contributed by atoms with Crippen molar-refractivity contribution in [2.75, 3.05) is 0 Å². The highest BCUT2D eigenvalue weighted by Gasteiger charge is 2.68. The van der Waals surface area contributed by atoms with Crippen LogP contribution in [-0.2, 0) is 14.4 Å². The Kier molecular flexibility index (Phi) is 2.07. The van der Waals surface area contributed by atoms with Gasteiger partial charge in [0, 0.05) is 5.41 Å². The fourth-order valence-corrected chi connectivity index (χ4v) is 3.52. The average molecular weight is 224 g/mol. The first-order chi connectivity index (χ1) is 7.23. The lowest BCUT2D eigenvalue weighted by atomic mass is 9.70. The first-order valence-electron chi connectivity index (χ1n) is 5.55. The highest BCUT2D eigenvalue weighted by atomic mass is 16.4. The molecular weight excluding hydrogens is 208 g/mol.